The molecule has 1 aromatic carbocycles. The number of hydrogen-bond acceptors (Lipinski definition) is 5. The Labute approximate surface area is 151 Å². The van der Waals surface area contributed by atoms with Crippen LogP contribution in [0.2, 0.25) is 0 Å². The van der Waals surface area contributed by atoms with Crippen LogP contribution in [0.25, 0.3) is 0 Å². The summed E-state index contributed by atoms with van der Waals surface area (Å²) in [7, 11) is 0. The molecule has 0 bridgehead atoms. The molecular weight excluding hydrogens is 334 g/mol. The lowest BCUT2D eigenvalue weighted by atomic mass is 9.95. The van der Waals surface area contributed by atoms with E-state index in [0.717, 1.165) is 0 Å². The van der Waals surface area contributed by atoms with Gasteiger partial charge in [0, 0.05) is 5.41 Å². The minimum atomic E-state index is -0.473. The van der Waals surface area contributed by atoms with Gasteiger partial charge in [-0.2, -0.15) is 0 Å². The number of ether oxygens (including phenoxy) is 2. The second kappa shape index (κ2) is 6.82. The van der Waals surface area contributed by atoms with Crippen molar-refractivity contribution in [1.29, 1.82) is 0 Å². The van der Waals surface area contributed by atoms with Gasteiger partial charge in [-0.15, -0.1) is 0 Å². The standard InChI is InChI=1S/C19H23N3O4/c1-11-15(17(24)22-18(21-11)19(2,3)4)16(23)20-9-12-10-25-13-7-5-6-8-14(13)26-12/h5-8,12H,9-10H2,1-4H3,(H,20,23)(H,21,22,24). The zero-order valence-electron chi connectivity index (χ0n) is 15.4. The van der Waals surface area contributed by atoms with Gasteiger partial charge in [0.1, 0.15) is 24.1 Å². The van der Waals surface area contributed by atoms with Crippen molar-refractivity contribution in [3.05, 3.63) is 51.7 Å². The first-order valence-electron chi connectivity index (χ1n) is 8.54. The molecule has 0 saturated carbocycles. The number of nitrogens with zero attached hydrogens (tertiary/aromatic N) is 1. The van der Waals surface area contributed by atoms with Gasteiger partial charge in [-0.3, -0.25) is 9.59 Å². The van der Waals surface area contributed by atoms with Crippen LogP contribution >= 0.6 is 0 Å². The Balaban J connectivity index is 1.69. The van der Waals surface area contributed by atoms with Gasteiger partial charge in [-0.1, -0.05) is 32.9 Å². The van der Waals surface area contributed by atoms with Crippen LogP contribution in [0.4, 0.5) is 0 Å². The number of para-hydroxylation sites is 2. The normalized spacial score (nSPS) is 16.2. The van der Waals surface area contributed by atoms with Crippen LogP contribution in [0.3, 0.4) is 0 Å². The highest BCUT2D eigenvalue weighted by Crippen LogP contribution is 2.30. The van der Waals surface area contributed by atoms with Gasteiger partial charge in [-0.25, -0.2) is 4.98 Å². The fraction of sp³-hybridized carbons (Fsp3) is 0.421. The highest BCUT2D eigenvalue weighted by Gasteiger charge is 2.24. The third-order valence-electron chi connectivity index (χ3n) is 4.10. The highest BCUT2D eigenvalue weighted by atomic mass is 16.6. The lowest BCUT2D eigenvalue weighted by Crippen LogP contribution is -2.42. The number of aromatic nitrogens is 2. The summed E-state index contributed by atoms with van der Waals surface area (Å²) in [5, 5.41) is 2.74. The zero-order valence-corrected chi connectivity index (χ0v) is 15.4. The molecule has 1 amide bonds. The van der Waals surface area contributed by atoms with Crippen molar-refractivity contribution in [3.63, 3.8) is 0 Å². The number of rotatable bonds is 3. The third kappa shape index (κ3) is 3.71. The minimum absolute atomic E-state index is 0.0233. The molecule has 1 aliphatic heterocycles. The molecule has 2 heterocycles. The number of carbonyl (C=O) groups is 1. The Bertz CT molecular complexity index is 883. The quantitative estimate of drug-likeness (QED) is 0.876. The molecule has 7 nitrogen and oxygen atoms in total. The van der Waals surface area contributed by atoms with E-state index in [1.165, 1.54) is 0 Å². The average Bonchev–Trinajstić information content (AvgIpc) is 2.58. The molecule has 3 rings (SSSR count). The first kappa shape index (κ1) is 18.0. The largest absolute Gasteiger partial charge is 0.486 e. The van der Waals surface area contributed by atoms with Crippen LogP contribution in [-0.4, -0.2) is 35.1 Å². The molecule has 1 aliphatic rings. The SMILES string of the molecule is Cc1nc(C(C)(C)C)[nH]c(=O)c1C(=O)NCC1COc2ccccc2O1. The molecule has 1 atom stereocenters. The van der Waals surface area contributed by atoms with Crippen LogP contribution in [-0.2, 0) is 5.41 Å². The lowest BCUT2D eigenvalue weighted by Gasteiger charge is -2.26. The summed E-state index contributed by atoms with van der Waals surface area (Å²) in [6, 6.07) is 7.37. The summed E-state index contributed by atoms with van der Waals surface area (Å²) in [5.74, 6) is 1.41. The van der Waals surface area contributed by atoms with Crippen LogP contribution in [0.1, 0.15) is 42.6 Å². The van der Waals surface area contributed by atoms with Crippen LogP contribution < -0.4 is 20.3 Å². The monoisotopic (exact) mass is 357 g/mol. The van der Waals surface area contributed by atoms with Crippen LogP contribution in [0, 0.1) is 6.92 Å². The second-order valence-electron chi connectivity index (χ2n) is 7.33. The summed E-state index contributed by atoms with van der Waals surface area (Å²) in [5.41, 5.74) is -0.317. The second-order valence-corrected chi connectivity index (χ2v) is 7.33. The van der Waals surface area contributed by atoms with E-state index in [4.69, 9.17) is 9.47 Å². The van der Waals surface area contributed by atoms with Gasteiger partial charge in [0.25, 0.3) is 11.5 Å². The first-order chi connectivity index (χ1) is 12.3. The van der Waals surface area contributed by atoms with E-state index < -0.39 is 11.5 Å². The molecule has 2 aromatic rings. The molecule has 7 heteroatoms. The third-order valence-corrected chi connectivity index (χ3v) is 4.10. The number of nitrogens with one attached hydrogen (secondary N) is 2. The van der Waals surface area contributed by atoms with Gasteiger partial charge in [-0.05, 0) is 19.1 Å². The summed E-state index contributed by atoms with van der Waals surface area (Å²) in [4.78, 5) is 31.9. The molecule has 0 aliphatic carbocycles. The molecule has 138 valence electrons. The molecule has 0 spiro atoms. The maximum atomic E-state index is 12.5. The topological polar surface area (TPSA) is 93.3 Å². The van der Waals surface area contributed by atoms with Crippen LogP contribution in [0.5, 0.6) is 11.5 Å². The Morgan fingerprint density at radius 2 is 2.00 bits per heavy atom. The summed E-state index contributed by atoms with van der Waals surface area (Å²) >= 11 is 0. The summed E-state index contributed by atoms with van der Waals surface area (Å²) in [6.07, 6.45) is -0.324. The summed E-state index contributed by atoms with van der Waals surface area (Å²) < 4.78 is 11.4. The van der Waals surface area contributed by atoms with E-state index in [1.54, 1.807) is 6.92 Å². The van der Waals surface area contributed by atoms with Crippen molar-refractivity contribution in [2.45, 2.75) is 39.2 Å². The minimum Gasteiger partial charge on any atom is -0.486 e. The Hall–Kier alpha value is -2.83. The molecule has 0 radical (unpaired) electrons. The number of benzene rings is 1. The van der Waals surface area contributed by atoms with Crippen LogP contribution in [0.15, 0.2) is 29.1 Å². The fourth-order valence-electron chi connectivity index (χ4n) is 2.67. The first-order valence-corrected chi connectivity index (χ1v) is 8.54. The van der Waals surface area contributed by atoms with Crippen molar-refractivity contribution < 1.29 is 14.3 Å². The van der Waals surface area contributed by atoms with Gasteiger partial charge in [0.05, 0.1) is 12.2 Å². The number of aromatic amines is 1. The predicted molar refractivity (Wildman–Crippen MR) is 97.0 cm³/mol. The van der Waals surface area contributed by atoms with Crippen molar-refractivity contribution in [3.8, 4) is 11.5 Å². The van der Waals surface area contributed by atoms with Crippen molar-refractivity contribution >= 4 is 5.91 Å². The molecule has 1 aromatic heterocycles. The fourth-order valence-corrected chi connectivity index (χ4v) is 2.67. The number of amides is 1. The van der Waals surface area contributed by atoms with Gasteiger partial charge in [0.2, 0.25) is 0 Å². The number of hydrogen-bond donors (Lipinski definition) is 2. The van der Waals surface area contributed by atoms with E-state index in [9.17, 15) is 9.59 Å². The Kier molecular flexibility index (Phi) is 4.71. The molecular formula is C19H23N3O4. The highest BCUT2D eigenvalue weighted by molar-refractivity contribution is 5.94. The molecule has 1 unspecified atom stereocenters. The van der Waals surface area contributed by atoms with E-state index >= 15 is 0 Å². The zero-order chi connectivity index (χ0) is 18.9. The smallest absolute Gasteiger partial charge is 0.264 e. The van der Waals surface area contributed by atoms with E-state index in [2.05, 4.69) is 15.3 Å². The van der Waals surface area contributed by atoms with Crippen molar-refractivity contribution in [2.24, 2.45) is 0 Å². The van der Waals surface area contributed by atoms with E-state index in [1.807, 2.05) is 45.0 Å². The number of fused-ring (bicyclic) bond motifs is 1. The van der Waals surface area contributed by atoms with E-state index in [-0.39, 0.29) is 23.6 Å². The average molecular weight is 357 g/mol. The predicted octanol–water partition coefficient (Wildman–Crippen LogP) is 1.95. The molecule has 2 N–H and O–H groups in total. The lowest BCUT2D eigenvalue weighted by molar-refractivity contribution is 0.0787. The van der Waals surface area contributed by atoms with Crippen molar-refractivity contribution in [1.82, 2.24) is 15.3 Å². The van der Waals surface area contributed by atoms with Gasteiger partial charge in [0.15, 0.2) is 11.5 Å². The van der Waals surface area contributed by atoms with Crippen molar-refractivity contribution in [2.75, 3.05) is 13.2 Å². The number of carbonyl (C=O) groups excluding carboxylic acids is 1. The van der Waals surface area contributed by atoms with Gasteiger partial charge < -0.3 is 19.8 Å². The summed E-state index contributed by atoms with van der Waals surface area (Å²) in [6.45, 7) is 8.06. The molecule has 0 fully saturated rings. The van der Waals surface area contributed by atoms with E-state index in [0.29, 0.717) is 29.6 Å². The number of H-pyrrole nitrogens is 1. The Morgan fingerprint density at radius 1 is 1.31 bits per heavy atom. The number of aryl methyl sites for hydroxylation is 1. The molecule has 26 heavy (non-hydrogen) atoms. The van der Waals surface area contributed by atoms with Gasteiger partial charge >= 0.3 is 0 Å². The molecule has 0 saturated heterocycles. The maximum Gasteiger partial charge on any atom is 0.264 e. The maximum absolute atomic E-state index is 12.5. The Morgan fingerprint density at radius 3 is 2.65 bits per heavy atom.